The number of anilines is 1. The third kappa shape index (κ3) is 3.34. The van der Waals surface area contributed by atoms with Crippen molar-refractivity contribution in [3.63, 3.8) is 0 Å². The van der Waals surface area contributed by atoms with E-state index in [2.05, 4.69) is 20.3 Å². The van der Waals surface area contributed by atoms with Gasteiger partial charge >= 0.3 is 0 Å². The number of methoxy groups -OCH3 is 1. The number of ether oxygens (including phenoxy) is 1. The molecule has 0 spiro atoms. The summed E-state index contributed by atoms with van der Waals surface area (Å²) in [7, 11) is 1.62. The number of pyridine rings is 1. The quantitative estimate of drug-likeness (QED) is 0.526. The molecule has 0 aliphatic carbocycles. The predicted molar refractivity (Wildman–Crippen MR) is 104 cm³/mol. The number of imidazole rings is 1. The molecule has 7 heteroatoms. The molecule has 2 aromatic carbocycles. The van der Waals surface area contributed by atoms with Gasteiger partial charge in [0.25, 0.3) is 0 Å². The number of benzene rings is 2. The number of nitrogens with zero attached hydrogens (tertiary/aromatic N) is 2. The van der Waals surface area contributed by atoms with Crippen molar-refractivity contribution in [3.8, 4) is 5.75 Å². The van der Waals surface area contributed by atoms with Gasteiger partial charge in [-0.25, -0.2) is 4.98 Å². The zero-order valence-electron chi connectivity index (χ0n) is 14.0. The van der Waals surface area contributed by atoms with Gasteiger partial charge in [0.15, 0.2) is 5.16 Å². The highest BCUT2D eigenvalue weighted by molar-refractivity contribution is 7.99. The van der Waals surface area contributed by atoms with Crippen LogP contribution in [-0.2, 0) is 4.79 Å². The molecule has 2 heterocycles. The summed E-state index contributed by atoms with van der Waals surface area (Å²) >= 11 is 1.35. The van der Waals surface area contributed by atoms with Crippen LogP contribution in [0.5, 0.6) is 5.75 Å². The Balaban J connectivity index is 1.45. The molecule has 6 nitrogen and oxygen atoms in total. The Morgan fingerprint density at radius 3 is 3.00 bits per heavy atom. The van der Waals surface area contributed by atoms with Crippen LogP contribution in [0.1, 0.15) is 0 Å². The highest BCUT2D eigenvalue weighted by Crippen LogP contribution is 2.24. The van der Waals surface area contributed by atoms with Crippen LogP contribution in [0, 0.1) is 0 Å². The van der Waals surface area contributed by atoms with Crippen molar-refractivity contribution in [2.24, 2.45) is 0 Å². The van der Waals surface area contributed by atoms with Crippen molar-refractivity contribution in [1.82, 2.24) is 15.0 Å². The number of nitrogens with one attached hydrogen (secondary N) is 2. The topological polar surface area (TPSA) is 79.9 Å². The molecule has 0 aliphatic heterocycles. The number of carbonyl (C=O) groups is 1. The molecule has 0 aliphatic rings. The van der Waals surface area contributed by atoms with Crippen LogP contribution in [0.25, 0.3) is 21.9 Å². The second-order valence-corrected chi connectivity index (χ2v) is 6.61. The number of rotatable bonds is 5. The number of carbonyl (C=O) groups excluding carboxylic acids is 1. The highest BCUT2D eigenvalue weighted by Gasteiger charge is 2.10. The van der Waals surface area contributed by atoms with E-state index in [4.69, 9.17) is 4.74 Å². The molecular formula is C19H16N4O2S. The largest absolute Gasteiger partial charge is 0.497 e. The van der Waals surface area contributed by atoms with Gasteiger partial charge in [-0.3, -0.25) is 9.78 Å². The number of fused-ring (bicyclic) bond motifs is 2. The van der Waals surface area contributed by atoms with Gasteiger partial charge in [-0.15, -0.1) is 0 Å². The minimum atomic E-state index is -0.105. The monoisotopic (exact) mass is 364 g/mol. The van der Waals surface area contributed by atoms with Crippen LogP contribution in [0.3, 0.4) is 0 Å². The van der Waals surface area contributed by atoms with Crippen molar-refractivity contribution in [3.05, 3.63) is 54.7 Å². The van der Waals surface area contributed by atoms with E-state index in [1.807, 2.05) is 48.5 Å². The minimum Gasteiger partial charge on any atom is -0.497 e. The van der Waals surface area contributed by atoms with Crippen molar-refractivity contribution in [2.75, 3.05) is 18.2 Å². The van der Waals surface area contributed by atoms with Crippen LogP contribution in [0.15, 0.2) is 59.9 Å². The van der Waals surface area contributed by atoms with Crippen LogP contribution in [0.4, 0.5) is 5.69 Å². The van der Waals surface area contributed by atoms with Crippen molar-refractivity contribution >= 4 is 45.3 Å². The van der Waals surface area contributed by atoms with Gasteiger partial charge in [-0.05, 0) is 24.3 Å². The lowest BCUT2D eigenvalue weighted by Crippen LogP contribution is -2.14. The number of hydrogen-bond acceptors (Lipinski definition) is 5. The maximum atomic E-state index is 12.3. The fourth-order valence-electron chi connectivity index (χ4n) is 2.69. The highest BCUT2D eigenvalue weighted by atomic mass is 32.2. The van der Waals surface area contributed by atoms with E-state index >= 15 is 0 Å². The van der Waals surface area contributed by atoms with E-state index in [-0.39, 0.29) is 11.7 Å². The molecule has 0 atom stereocenters. The van der Waals surface area contributed by atoms with Crippen LogP contribution >= 0.6 is 11.8 Å². The van der Waals surface area contributed by atoms with Gasteiger partial charge in [-0.1, -0.05) is 30.0 Å². The molecule has 0 saturated heterocycles. The molecule has 0 bridgehead atoms. The molecule has 0 saturated carbocycles. The lowest BCUT2D eigenvalue weighted by molar-refractivity contribution is -0.113. The first kappa shape index (κ1) is 16.4. The molecule has 0 unspecified atom stereocenters. The molecule has 1 amide bonds. The first-order valence-electron chi connectivity index (χ1n) is 8.03. The van der Waals surface area contributed by atoms with Gasteiger partial charge < -0.3 is 15.0 Å². The Bertz CT molecular complexity index is 1090. The van der Waals surface area contributed by atoms with Crippen LogP contribution < -0.4 is 10.1 Å². The lowest BCUT2D eigenvalue weighted by atomic mass is 10.2. The molecule has 130 valence electrons. The number of hydrogen-bond donors (Lipinski definition) is 2. The Morgan fingerprint density at radius 2 is 2.12 bits per heavy atom. The van der Waals surface area contributed by atoms with Crippen LogP contribution in [0.2, 0.25) is 0 Å². The zero-order chi connectivity index (χ0) is 17.9. The third-order valence-electron chi connectivity index (χ3n) is 3.91. The summed E-state index contributed by atoms with van der Waals surface area (Å²) in [4.78, 5) is 24.3. The second-order valence-electron chi connectivity index (χ2n) is 5.64. The number of amides is 1. The Kier molecular flexibility index (Phi) is 4.45. The molecule has 4 aromatic rings. The second kappa shape index (κ2) is 7.05. The van der Waals surface area contributed by atoms with Gasteiger partial charge in [0.2, 0.25) is 5.91 Å². The summed E-state index contributed by atoms with van der Waals surface area (Å²) in [6.45, 7) is 0. The number of aromatic amines is 1. The molecular weight excluding hydrogens is 348 g/mol. The van der Waals surface area contributed by atoms with E-state index in [0.717, 1.165) is 27.7 Å². The standard InChI is InChI=1S/C19H16N4O2S/c1-25-13-7-8-14-16(10-13)23-19(22-14)26-11-17(24)21-15-6-2-4-12-5-3-9-20-18(12)15/h2-10H,11H2,1H3,(H,21,24)(H,22,23). The molecule has 0 radical (unpaired) electrons. The minimum absolute atomic E-state index is 0.105. The van der Waals surface area contributed by atoms with E-state index in [0.29, 0.717) is 10.8 Å². The third-order valence-corrected chi connectivity index (χ3v) is 4.79. The van der Waals surface area contributed by atoms with E-state index in [1.54, 1.807) is 13.3 Å². The number of aromatic nitrogens is 3. The van der Waals surface area contributed by atoms with Crippen molar-refractivity contribution in [1.29, 1.82) is 0 Å². The first-order chi connectivity index (χ1) is 12.7. The molecule has 4 rings (SSSR count). The van der Waals surface area contributed by atoms with Crippen molar-refractivity contribution in [2.45, 2.75) is 5.16 Å². The Labute approximate surface area is 154 Å². The number of thioether (sulfide) groups is 1. The number of H-pyrrole nitrogens is 1. The molecule has 2 N–H and O–H groups in total. The first-order valence-corrected chi connectivity index (χ1v) is 9.01. The SMILES string of the molecule is COc1ccc2nc(SCC(=O)Nc3cccc4cccnc34)[nH]c2c1. The normalized spacial score (nSPS) is 11.0. The maximum absolute atomic E-state index is 12.3. The van der Waals surface area contributed by atoms with Gasteiger partial charge in [-0.2, -0.15) is 0 Å². The summed E-state index contributed by atoms with van der Waals surface area (Å²) in [5, 5.41) is 4.61. The Hall–Kier alpha value is -3.06. The fourth-order valence-corrected chi connectivity index (χ4v) is 3.37. The summed E-state index contributed by atoms with van der Waals surface area (Å²) < 4.78 is 5.21. The fraction of sp³-hybridized carbons (Fsp3) is 0.105. The summed E-state index contributed by atoms with van der Waals surface area (Å²) in [6, 6.07) is 15.2. The zero-order valence-corrected chi connectivity index (χ0v) is 14.8. The molecule has 2 aromatic heterocycles. The van der Waals surface area contributed by atoms with Crippen LogP contribution in [-0.4, -0.2) is 33.7 Å². The lowest BCUT2D eigenvalue weighted by Gasteiger charge is -2.07. The molecule has 0 fully saturated rings. The smallest absolute Gasteiger partial charge is 0.234 e. The van der Waals surface area contributed by atoms with E-state index in [1.165, 1.54) is 11.8 Å². The Morgan fingerprint density at radius 1 is 1.23 bits per heavy atom. The van der Waals surface area contributed by atoms with E-state index < -0.39 is 0 Å². The van der Waals surface area contributed by atoms with Gasteiger partial charge in [0.1, 0.15) is 5.75 Å². The molecule has 26 heavy (non-hydrogen) atoms. The predicted octanol–water partition coefficient (Wildman–Crippen LogP) is 3.85. The average Bonchev–Trinajstić information content (AvgIpc) is 3.08. The maximum Gasteiger partial charge on any atom is 0.234 e. The average molecular weight is 364 g/mol. The summed E-state index contributed by atoms with van der Waals surface area (Å²) in [5.41, 5.74) is 3.21. The van der Waals surface area contributed by atoms with Gasteiger partial charge in [0, 0.05) is 17.6 Å². The summed E-state index contributed by atoms with van der Waals surface area (Å²) in [6.07, 6.45) is 1.72. The summed E-state index contributed by atoms with van der Waals surface area (Å²) in [5.74, 6) is 0.908. The number of para-hydroxylation sites is 1. The van der Waals surface area contributed by atoms with Crippen molar-refractivity contribution < 1.29 is 9.53 Å². The van der Waals surface area contributed by atoms with Gasteiger partial charge in [0.05, 0.1) is 35.1 Å². The van der Waals surface area contributed by atoms with E-state index in [9.17, 15) is 4.79 Å².